The van der Waals surface area contributed by atoms with Gasteiger partial charge in [-0.05, 0) is 18.2 Å². The van der Waals surface area contributed by atoms with Crippen molar-refractivity contribution in [2.24, 2.45) is 0 Å². The number of carbonyl (C=O) groups is 1. The van der Waals surface area contributed by atoms with E-state index in [9.17, 15) is 22.0 Å². The SMILES string of the molecule is CS(=O)(=O)c1cccc(C(=O)NCC(O)C(F)F)c1. The lowest BCUT2D eigenvalue weighted by Crippen LogP contribution is -2.35. The number of alkyl halides is 2. The molecule has 0 fully saturated rings. The molecule has 1 amide bonds. The van der Waals surface area contributed by atoms with E-state index in [2.05, 4.69) is 5.32 Å². The molecule has 5 nitrogen and oxygen atoms in total. The van der Waals surface area contributed by atoms with Crippen molar-refractivity contribution in [2.75, 3.05) is 12.8 Å². The van der Waals surface area contributed by atoms with Gasteiger partial charge in [0.15, 0.2) is 9.84 Å². The van der Waals surface area contributed by atoms with Gasteiger partial charge in [0.2, 0.25) is 0 Å². The summed E-state index contributed by atoms with van der Waals surface area (Å²) in [6, 6.07) is 5.17. The zero-order valence-corrected chi connectivity index (χ0v) is 10.8. The van der Waals surface area contributed by atoms with Gasteiger partial charge >= 0.3 is 0 Å². The molecule has 0 aliphatic heterocycles. The first kappa shape index (κ1) is 15.5. The highest BCUT2D eigenvalue weighted by molar-refractivity contribution is 7.90. The quantitative estimate of drug-likeness (QED) is 0.825. The minimum absolute atomic E-state index is 0.0180. The van der Waals surface area contributed by atoms with Gasteiger partial charge in [0.1, 0.15) is 6.10 Å². The normalized spacial score (nSPS) is 13.3. The number of sulfone groups is 1. The topological polar surface area (TPSA) is 83.5 Å². The molecule has 0 saturated carbocycles. The van der Waals surface area contributed by atoms with E-state index < -0.39 is 34.8 Å². The van der Waals surface area contributed by atoms with Crippen molar-refractivity contribution in [3.05, 3.63) is 29.8 Å². The van der Waals surface area contributed by atoms with Crippen molar-refractivity contribution in [3.63, 3.8) is 0 Å². The average Bonchev–Trinajstić information content (AvgIpc) is 2.34. The van der Waals surface area contributed by atoms with Crippen LogP contribution in [0.4, 0.5) is 8.78 Å². The van der Waals surface area contributed by atoms with Crippen LogP contribution < -0.4 is 5.32 Å². The number of aliphatic hydroxyl groups excluding tert-OH is 1. The van der Waals surface area contributed by atoms with Crippen LogP contribution in [0.15, 0.2) is 29.2 Å². The summed E-state index contributed by atoms with van der Waals surface area (Å²) in [5.74, 6) is -0.731. The Bertz CT molecular complexity index is 560. The third kappa shape index (κ3) is 4.56. The van der Waals surface area contributed by atoms with Crippen LogP contribution in [0.1, 0.15) is 10.4 Å². The summed E-state index contributed by atoms with van der Waals surface area (Å²) >= 11 is 0. The van der Waals surface area contributed by atoms with Crippen molar-refractivity contribution in [2.45, 2.75) is 17.4 Å². The van der Waals surface area contributed by atoms with Crippen molar-refractivity contribution >= 4 is 15.7 Å². The van der Waals surface area contributed by atoms with Crippen LogP contribution in [0, 0.1) is 0 Å². The fourth-order valence-corrected chi connectivity index (χ4v) is 1.92. The van der Waals surface area contributed by atoms with Gasteiger partial charge in [0.25, 0.3) is 12.3 Å². The average molecular weight is 293 g/mol. The Labute approximate surface area is 109 Å². The van der Waals surface area contributed by atoms with Crippen LogP contribution in [0.2, 0.25) is 0 Å². The van der Waals surface area contributed by atoms with Gasteiger partial charge in [-0.2, -0.15) is 0 Å². The first-order valence-electron chi connectivity index (χ1n) is 5.26. The molecule has 1 aromatic rings. The highest BCUT2D eigenvalue weighted by atomic mass is 32.2. The molecule has 1 aromatic carbocycles. The Morgan fingerprint density at radius 2 is 2.05 bits per heavy atom. The van der Waals surface area contributed by atoms with Gasteiger partial charge in [0.05, 0.1) is 4.90 Å². The van der Waals surface area contributed by atoms with E-state index in [-0.39, 0.29) is 10.5 Å². The maximum Gasteiger partial charge on any atom is 0.265 e. The molecule has 0 spiro atoms. The molecule has 0 aliphatic carbocycles. The first-order chi connectivity index (χ1) is 8.71. The van der Waals surface area contributed by atoms with Crippen LogP contribution in [-0.4, -0.2) is 44.8 Å². The van der Waals surface area contributed by atoms with Crippen molar-refractivity contribution < 1.29 is 27.1 Å². The highest BCUT2D eigenvalue weighted by Crippen LogP contribution is 2.11. The fourth-order valence-electron chi connectivity index (χ4n) is 1.26. The largest absolute Gasteiger partial charge is 0.385 e. The number of amides is 1. The molecule has 0 bridgehead atoms. The van der Waals surface area contributed by atoms with Gasteiger partial charge in [-0.3, -0.25) is 4.79 Å². The second-order valence-corrected chi connectivity index (χ2v) is 5.93. The zero-order valence-electron chi connectivity index (χ0n) is 10.0. The monoisotopic (exact) mass is 293 g/mol. The van der Waals surface area contributed by atoms with Gasteiger partial charge < -0.3 is 10.4 Å². The lowest BCUT2D eigenvalue weighted by Gasteiger charge is -2.11. The number of carbonyl (C=O) groups excluding carboxylic acids is 1. The van der Waals surface area contributed by atoms with Crippen molar-refractivity contribution in [1.29, 1.82) is 0 Å². The fraction of sp³-hybridized carbons (Fsp3) is 0.364. The number of aliphatic hydroxyl groups is 1. The lowest BCUT2D eigenvalue weighted by atomic mass is 10.2. The summed E-state index contributed by atoms with van der Waals surface area (Å²) in [7, 11) is -3.45. The minimum atomic E-state index is -3.45. The maximum absolute atomic E-state index is 12.0. The Balaban J connectivity index is 2.78. The van der Waals surface area contributed by atoms with E-state index in [1.54, 1.807) is 0 Å². The van der Waals surface area contributed by atoms with E-state index >= 15 is 0 Å². The Kier molecular flexibility index (Phi) is 4.96. The number of halogens is 2. The second kappa shape index (κ2) is 6.07. The van der Waals surface area contributed by atoms with Crippen molar-refractivity contribution in [1.82, 2.24) is 5.32 Å². The molecular formula is C11H13F2NO4S. The summed E-state index contributed by atoms with van der Waals surface area (Å²) in [6.07, 6.45) is -3.92. The predicted octanol–water partition coefficient (Wildman–Crippen LogP) is 0.446. The standard InChI is InChI=1S/C11H13F2NO4S/c1-19(17,18)8-4-2-3-7(5-8)11(16)14-6-9(15)10(12)13/h2-5,9-10,15H,6H2,1H3,(H,14,16). The molecule has 1 atom stereocenters. The number of rotatable bonds is 5. The van der Waals surface area contributed by atoms with Crippen LogP contribution in [0.3, 0.4) is 0 Å². The van der Waals surface area contributed by atoms with E-state index in [1.165, 1.54) is 18.2 Å². The summed E-state index contributed by atoms with van der Waals surface area (Å²) in [5, 5.41) is 10.9. The van der Waals surface area contributed by atoms with Gasteiger partial charge in [-0.1, -0.05) is 6.07 Å². The molecule has 8 heteroatoms. The van der Waals surface area contributed by atoms with E-state index in [4.69, 9.17) is 5.11 Å². The molecule has 0 heterocycles. The van der Waals surface area contributed by atoms with Gasteiger partial charge in [-0.25, -0.2) is 17.2 Å². The molecule has 0 radical (unpaired) electrons. The Hall–Kier alpha value is -1.54. The predicted molar refractivity (Wildman–Crippen MR) is 63.9 cm³/mol. The molecule has 1 rings (SSSR count). The van der Waals surface area contributed by atoms with E-state index in [0.717, 1.165) is 12.3 Å². The van der Waals surface area contributed by atoms with Gasteiger partial charge in [0, 0.05) is 18.4 Å². The molecule has 1 unspecified atom stereocenters. The maximum atomic E-state index is 12.0. The Morgan fingerprint density at radius 1 is 1.42 bits per heavy atom. The van der Waals surface area contributed by atoms with E-state index in [1.807, 2.05) is 0 Å². The third-order valence-electron chi connectivity index (χ3n) is 2.29. The number of nitrogens with one attached hydrogen (secondary N) is 1. The summed E-state index contributed by atoms with van der Waals surface area (Å²) in [5.41, 5.74) is 0.0180. The smallest absolute Gasteiger partial charge is 0.265 e. The highest BCUT2D eigenvalue weighted by Gasteiger charge is 2.18. The van der Waals surface area contributed by atoms with Gasteiger partial charge in [-0.15, -0.1) is 0 Å². The van der Waals surface area contributed by atoms with Crippen LogP contribution >= 0.6 is 0 Å². The Morgan fingerprint density at radius 3 is 2.58 bits per heavy atom. The first-order valence-corrected chi connectivity index (χ1v) is 7.15. The van der Waals surface area contributed by atoms with Crippen LogP contribution in [-0.2, 0) is 9.84 Å². The minimum Gasteiger partial charge on any atom is -0.385 e. The molecule has 0 saturated heterocycles. The zero-order chi connectivity index (χ0) is 14.6. The van der Waals surface area contributed by atoms with Crippen molar-refractivity contribution in [3.8, 4) is 0 Å². The molecule has 0 aliphatic rings. The number of hydrogen-bond acceptors (Lipinski definition) is 4. The second-order valence-electron chi connectivity index (χ2n) is 3.91. The van der Waals surface area contributed by atoms with Crippen LogP contribution in [0.25, 0.3) is 0 Å². The summed E-state index contributed by atoms with van der Waals surface area (Å²) in [6.45, 7) is -0.612. The molecule has 0 aromatic heterocycles. The summed E-state index contributed by atoms with van der Waals surface area (Å²) < 4.78 is 46.6. The van der Waals surface area contributed by atoms with E-state index in [0.29, 0.717) is 0 Å². The lowest BCUT2D eigenvalue weighted by molar-refractivity contribution is -0.00270. The molecule has 2 N–H and O–H groups in total. The number of hydrogen-bond donors (Lipinski definition) is 2. The third-order valence-corrected chi connectivity index (χ3v) is 3.40. The summed E-state index contributed by atoms with van der Waals surface area (Å²) in [4.78, 5) is 11.5. The molecule has 106 valence electrons. The molecular weight excluding hydrogens is 280 g/mol. The van der Waals surface area contributed by atoms with Crippen LogP contribution in [0.5, 0.6) is 0 Å². The molecule has 19 heavy (non-hydrogen) atoms. The number of benzene rings is 1.